The number of likely N-dealkylation sites (tertiary alicyclic amines) is 1. The lowest BCUT2D eigenvalue weighted by molar-refractivity contribution is -0.140. The molecule has 11 heteroatoms. The molecule has 2 aliphatic heterocycles. The van der Waals surface area contributed by atoms with Crippen LogP contribution in [0.3, 0.4) is 0 Å². The molecule has 1 aromatic heterocycles. The zero-order valence-corrected chi connectivity index (χ0v) is 20.4. The molecule has 2 aromatic rings. The Balaban J connectivity index is 1.71. The third-order valence-electron chi connectivity index (χ3n) is 6.23. The van der Waals surface area contributed by atoms with E-state index in [0.29, 0.717) is 31.9 Å². The molecule has 2 aliphatic rings. The highest BCUT2D eigenvalue weighted by molar-refractivity contribution is 7.89. The van der Waals surface area contributed by atoms with E-state index in [0.717, 1.165) is 17.4 Å². The standard InChI is InChI=1S/C24H28N4O6S/c1-26(2)35(32,33)19-5-3-18(4-6-19)22(29)20-21(17-7-9-25-10-8-17)28(24(31)23(20)30)12-11-27-13-15-34-16-14-27/h3-10,21,29H,11-16H2,1-2H3. The molecule has 10 nitrogen and oxygen atoms in total. The molecule has 1 unspecified atom stereocenters. The van der Waals surface area contributed by atoms with Crippen molar-refractivity contribution in [2.75, 3.05) is 53.5 Å². The maximum atomic E-state index is 13.1. The van der Waals surface area contributed by atoms with Crippen LogP contribution in [0.25, 0.3) is 5.76 Å². The fourth-order valence-electron chi connectivity index (χ4n) is 4.23. The second kappa shape index (κ2) is 10.2. The fraction of sp³-hybridized carbons (Fsp3) is 0.375. The maximum absolute atomic E-state index is 13.1. The van der Waals surface area contributed by atoms with E-state index in [2.05, 4.69) is 9.88 Å². The summed E-state index contributed by atoms with van der Waals surface area (Å²) in [5.74, 6) is -1.82. The van der Waals surface area contributed by atoms with Crippen molar-refractivity contribution >= 4 is 27.5 Å². The van der Waals surface area contributed by atoms with E-state index in [9.17, 15) is 23.1 Å². The zero-order chi connectivity index (χ0) is 25.2. The molecular formula is C24H28N4O6S. The SMILES string of the molecule is CN(C)S(=O)(=O)c1ccc(C(O)=C2C(=O)C(=O)N(CCN3CCOCC3)C2c2ccncc2)cc1. The largest absolute Gasteiger partial charge is 0.507 e. The van der Waals surface area contributed by atoms with Crippen molar-refractivity contribution in [3.05, 3.63) is 65.5 Å². The molecule has 3 heterocycles. The van der Waals surface area contributed by atoms with Crippen molar-refractivity contribution in [3.8, 4) is 0 Å². The van der Waals surface area contributed by atoms with Gasteiger partial charge in [-0.05, 0) is 42.0 Å². The first-order valence-electron chi connectivity index (χ1n) is 11.2. The minimum Gasteiger partial charge on any atom is -0.507 e. The number of benzene rings is 1. The number of hydrogen-bond donors (Lipinski definition) is 1. The molecule has 1 amide bonds. The van der Waals surface area contributed by atoms with Gasteiger partial charge in [-0.15, -0.1) is 0 Å². The molecule has 186 valence electrons. The zero-order valence-electron chi connectivity index (χ0n) is 19.6. The lowest BCUT2D eigenvalue weighted by Crippen LogP contribution is -2.42. The highest BCUT2D eigenvalue weighted by Crippen LogP contribution is 2.39. The summed E-state index contributed by atoms with van der Waals surface area (Å²) < 4.78 is 31.2. The number of carbonyl (C=O) groups is 2. The van der Waals surface area contributed by atoms with E-state index >= 15 is 0 Å². The summed E-state index contributed by atoms with van der Waals surface area (Å²) >= 11 is 0. The van der Waals surface area contributed by atoms with Gasteiger partial charge in [-0.25, -0.2) is 12.7 Å². The van der Waals surface area contributed by atoms with Crippen LogP contribution in [0.1, 0.15) is 17.2 Å². The van der Waals surface area contributed by atoms with Gasteiger partial charge in [0, 0.05) is 58.2 Å². The summed E-state index contributed by atoms with van der Waals surface area (Å²) in [6, 6.07) is 8.20. The topological polar surface area (TPSA) is 120 Å². The lowest BCUT2D eigenvalue weighted by atomic mass is 9.96. The molecule has 35 heavy (non-hydrogen) atoms. The average molecular weight is 501 g/mol. The Morgan fingerprint density at radius 1 is 1.06 bits per heavy atom. The van der Waals surface area contributed by atoms with E-state index in [1.807, 2.05) is 0 Å². The number of amides is 1. The van der Waals surface area contributed by atoms with Gasteiger partial charge in [0.15, 0.2) is 0 Å². The van der Waals surface area contributed by atoms with E-state index in [1.54, 1.807) is 24.5 Å². The monoisotopic (exact) mass is 500 g/mol. The average Bonchev–Trinajstić information content (AvgIpc) is 3.13. The molecular weight excluding hydrogens is 472 g/mol. The number of morpholine rings is 1. The third kappa shape index (κ3) is 4.98. The Hall–Kier alpha value is -3.12. The first-order chi connectivity index (χ1) is 16.7. The number of sulfonamides is 1. The molecule has 1 aromatic carbocycles. The number of ether oxygens (including phenoxy) is 1. The number of ketones is 1. The van der Waals surface area contributed by atoms with E-state index in [-0.39, 0.29) is 21.8 Å². The smallest absolute Gasteiger partial charge is 0.295 e. The molecule has 4 rings (SSSR count). The minimum absolute atomic E-state index is 0.0357. The normalized spacial score (nSPS) is 21.1. The van der Waals surface area contributed by atoms with Crippen molar-refractivity contribution in [2.45, 2.75) is 10.9 Å². The number of aliphatic hydroxyl groups excluding tert-OH is 1. The molecule has 1 N–H and O–H groups in total. The van der Waals surface area contributed by atoms with Crippen LogP contribution in [0.2, 0.25) is 0 Å². The van der Waals surface area contributed by atoms with Gasteiger partial charge < -0.3 is 14.7 Å². The number of carbonyl (C=O) groups excluding carboxylic acids is 2. The Labute approximate surface area is 204 Å². The van der Waals surface area contributed by atoms with Crippen LogP contribution >= 0.6 is 0 Å². The predicted molar refractivity (Wildman–Crippen MR) is 128 cm³/mol. The highest BCUT2D eigenvalue weighted by atomic mass is 32.2. The number of aromatic nitrogens is 1. The number of rotatable bonds is 7. The maximum Gasteiger partial charge on any atom is 0.295 e. The van der Waals surface area contributed by atoms with Crippen LogP contribution in [0.5, 0.6) is 0 Å². The van der Waals surface area contributed by atoms with Crippen molar-refractivity contribution in [1.29, 1.82) is 0 Å². The molecule has 2 fully saturated rings. The fourth-order valence-corrected chi connectivity index (χ4v) is 5.13. The van der Waals surface area contributed by atoms with Gasteiger partial charge in [0.2, 0.25) is 10.0 Å². The van der Waals surface area contributed by atoms with Gasteiger partial charge >= 0.3 is 0 Å². The van der Waals surface area contributed by atoms with Crippen LogP contribution in [-0.4, -0.2) is 97.8 Å². The van der Waals surface area contributed by atoms with Crippen LogP contribution in [0.15, 0.2) is 59.3 Å². The Bertz CT molecular complexity index is 1220. The molecule has 1 atom stereocenters. The van der Waals surface area contributed by atoms with Crippen molar-refractivity contribution < 1.29 is 27.9 Å². The molecule has 0 aliphatic carbocycles. The first kappa shape index (κ1) is 25.0. The Morgan fingerprint density at radius 2 is 1.69 bits per heavy atom. The van der Waals surface area contributed by atoms with E-state index in [4.69, 9.17) is 4.74 Å². The van der Waals surface area contributed by atoms with Gasteiger partial charge in [-0.1, -0.05) is 0 Å². The summed E-state index contributed by atoms with van der Waals surface area (Å²) in [7, 11) is -0.799. The number of pyridine rings is 1. The molecule has 2 saturated heterocycles. The van der Waals surface area contributed by atoms with Crippen LogP contribution in [0.4, 0.5) is 0 Å². The van der Waals surface area contributed by atoms with E-state index < -0.39 is 27.8 Å². The van der Waals surface area contributed by atoms with Crippen molar-refractivity contribution in [1.82, 2.24) is 19.1 Å². The number of aliphatic hydroxyl groups is 1. The van der Waals surface area contributed by atoms with Gasteiger partial charge in [-0.3, -0.25) is 19.5 Å². The van der Waals surface area contributed by atoms with Crippen molar-refractivity contribution in [2.24, 2.45) is 0 Å². The number of hydrogen-bond acceptors (Lipinski definition) is 8. The van der Waals surface area contributed by atoms with Crippen LogP contribution < -0.4 is 0 Å². The summed E-state index contributed by atoms with van der Waals surface area (Å²) in [6.07, 6.45) is 3.14. The van der Waals surface area contributed by atoms with E-state index in [1.165, 1.54) is 43.3 Å². The molecule has 0 radical (unpaired) electrons. The van der Waals surface area contributed by atoms with Gasteiger partial charge in [-0.2, -0.15) is 0 Å². The summed E-state index contributed by atoms with van der Waals surface area (Å²) in [5, 5.41) is 11.2. The van der Waals surface area contributed by atoms with Gasteiger partial charge in [0.1, 0.15) is 5.76 Å². The van der Waals surface area contributed by atoms with Crippen LogP contribution in [-0.2, 0) is 24.3 Å². The number of nitrogens with zero attached hydrogens (tertiary/aromatic N) is 4. The molecule has 0 bridgehead atoms. The van der Waals surface area contributed by atoms with Gasteiger partial charge in [0.05, 0.1) is 29.7 Å². The lowest BCUT2D eigenvalue weighted by Gasteiger charge is -2.31. The second-order valence-electron chi connectivity index (χ2n) is 8.54. The minimum atomic E-state index is -3.65. The quantitative estimate of drug-likeness (QED) is 0.341. The third-order valence-corrected chi connectivity index (χ3v) is 8.06. The summed E-state index contributed by atoms with van der Waals surface area (Å²) in [4.78, 5) is 33.9. The summed E-state index contributed by atoms with van der Waals surface area (Å²) in [6.45, 7) is 3.58. The predicted octanol–water partition coefficient (Wildman–Crippen LogP) is 1.09. The highest BCUT2D eigenvalue weighted by Gasteiger charge is 2.46. The second-order valence-corrected chi connectivity index (χ2v) is 10.7. The summed E-state index contributed by atoms with van der Waals surface area (Å²) in [5.41, 5.74) is 0.855. The molecule has 0 spiro atoms. The molecule has 0 saturated carbocycles. The number of Topliss-reactive ketones (excluding diaryl/α,β-unsaturated/α-hetero) is 1. The van der Waals surface area contributed by atoms with Crippen molar-refractivity contribution in [3.63, 3.8) is 0 Å². The van der Waals surface area contributed by atoms with Gasteiger partial charge in [0.25, 0.3) is 11.7 Å². The first-order valence-corrected chi connectivity index (χ1v) is 12.7. The van der Waals surface area contributed by atoms with Crippen LogP contribution in [0, 0.1) is 0 Å². The Morgan fingerprint density at radius 3 is 2.29 bits per heavy atom. The Kier molecular flexibility index (Phi) is 7.31.